The van der Waals surface area contributed by atoms with Gasteiger partial charge in [0, 0.05) is 6.54 Å². The number of nitriles is 1. The Morgan fingerprint density at radius 1 is 1.33 bits per heavy atom. The fraction of sp³-hybridized carbons (Fsp3) is 0.0667. The van der Waals surface area contributed by atoms with Crippen molar-refractivity contribution in [3.8, 4) is 6.07 Å². The summed E-state index contributed by atoms with van der Waals surface area (Å²) in [5, 5.41) is 11.3. The lowest BCUT2D eigenvalue weighted by atomic mass is 10.1. The fourth-order valence-electron chi connectivity index (χ4n) is 1.81. The van der Waals surface area contributed by atoms with Crippen LogP contribution >= 0.6 is 12.2 Å². The van der Waals surface area contributed by atoms with Gasteiger partial charge in [-0.1, -0.05) is 18.2 Å². The molecule has 6 heteroatoms. The number of rotatable bonds is 3. The maximum Gasteiger partial charge on any atom is 0.265 e. The van der Waals surface area contributed by atoms with E-state index in [-0.39, 0.29) is 17.2 Å². The first-order valence-electron chi connectivity index (χ1n) is 6.06. The second-order valence-electron chi connectivity index (χ2n) is 4.26. The van der Waals surface area contributed by atoms with Gasteiger partial charge in [-0.15, -0.1) is 6.58 Å². The van der Waals surface area contributed by atoms with E-state index in [2.05, 4.69) is 11.9 Å². The quantitative estimate of drug-likeness (QED) is 0.396. The topological polar surface area (TPSA) is 73.2 Å². The molecule has 0 saturated carbocycles. The van der Waals surface area contributed by atoms with E-state index in [1.807, 2.05) is 6.07 Å². The smallest absolute Gasteiger partial charge is 0.265 e. The van der Waals surface area contributed by atoms with Crippen LogP contribution in [0.1, 0.15) is 11.1 Å². The summed E-state index contributed by atoms with van der Waals surface area (Å²) < 4.78 is 0. The lowest BCUT2D eigenvalue weighted by molar-refractivity contribution is -0.128. The second kappa shape index (κ2) is 6.11. The van der Waals surface area contributed by atoms with Crippen LogP contribution in [0.5, 0.6) is 0 Å². The number of hydrogen-bond donors (Lipinski definition) is 1. The van der Waals surface area contributed by atoms with E-state index in [1.165, 1.54) is 17.1 Å². The monoisotopic (exact) mass is 297 g/mol. The SMILES string of the molecule is C=CCN1C(=O)C(=Cc2ccc(C#N)cc2)C(=O)NC1=S. The summed E-state index contributed by atoms with van der Waals surface area (Å²) in [6.07, 6.45) is 3.00. The Morgan fingerprint density at radius 3 is 2.57 bits per heavy atom. The summed E-state index contributed by atoms with van der Waals surface area (Å²) in [6, 6.07) is 8.56. The molecule has 0 aliphatic carbocycles. The maximum atomic E-state index is 12.3. The van der Waals surface area contributed by atoms with Crippen molar-refractivity contribution in [2.24, 2.45) is 0 Å². The molecule has 1 saturated heterocycles. The molecule has 21 heavy (non-hydrogen) atoms. The number of carbonyl (C=O) groups excluding carboxylic acids is 2. The van der Waals surface area contributed by atoms with Gasteiger partial charge >= 0.3 is 0 Å². The molecule has 1 heterocycles. The summed E-state index contributed by atoms with van der Waals surface area (Å²) in [7, 11) is 0. The third-order valence-corrected chi connectivity index (χ3v) is 3.17. The van der Waals surface area contributed by atoms with Gasteiger partial charge in [0.05, 0.1) is 11.6 Å². The molecule has 0 bridgehead atoms. The Hall–Kier alpha value is -2.78. The molecule has 1 aliphatic rings. The molecule has 0 atom stereocenters. The van der Waals surface area contributed by atoms with Crippen molar-refractivity contribution in [3.63, 3.8) is 0 Å². The zero-order valence-corrected chi connectivity index (χ0v) is 11.8. The Bertz CT molecular complexity index is 699. The number of hydrogen-bond acceptors (Lipinski definition) is 4. The summed E-state index contributed by atoms with van der Waals surface area (Å²) in [4.78, 5) is 25.4. The van der Waals surface area contributed by atoms with Gasteiger partial charge in [0.25, 0.3) is 11.8 Å². The van der Waals surface area contributed by atoms with Gasteiger partial charge in [0.15, 0.2) is 5.11 Å². The number of amides is 2. The van der Waals surface area contributed by atoms with E-state index >= 15 is 0 Å². The van der Waals surface area contributed by atoms with Gasteiger partial charge in [0.1, 0.15) is 5.57 Å². The van der Waals surface area contributed by atoms with Gasteiger partial charge in [-0.3, -0.25) is 19.8 Å². The maximum absolute atomic E-state index is 12.3. The van der Waals surface area contributed by atoms with E-state index in [1.54, 1.807) is 24.3 Å². The molecule has 1 aromatic carbocycles. The zero-order chi connectivity index (χ0) is 15.4. The van der Waals surface area contributed by atoms with E-state index in [9.17, 15) is 9.59 Å². The predicted molar refractivity (Wildman–Crippen MR) is 81.8 cm³/mol. The number of benzene rings is 1. The molecule has 104 valence electrons. The van der Waals surface area contributed by atoms with Gasteiger partial charge in [0.2, 0.25) is 0 Å². The van der Waals surface area contributed by atoms with Crippen molar-refractivity contribution in [1.82, 2.24) is 10.2 Å². The minimum Gasteiger partial charge on any atom is -0.298 e. The summed E-state index contributed by atoms with van der Waals surface area (Å²) in [5.41, 5.74) is 1.15. The van der Waals surface area contributed by atoms with Crippen molar-refractivity contribution in [2.45, 2.75) is 0 Å². The highest BCUT2D eigenvalue weighted by Gasteiger charge is 2.32. The van der Waals surface area contributed by atoms with Crippen LogP contribution in [0.4, 0.5) is 0 Å². The van der Waals surface area contributed by atoms with Crippen molar-refractivity contribution in [3.05, 3.63) is 53.6 Å². The van der Waals surface area contributed by atoms with Gasteiger partial charge in [-0.2, -0.15) is 5.26 Å². The summed E-state index contributed by atoms with van der Waals surface area (Å²) >= 11 is 4.96. The van der Waals surface area contributed by atoms with E-state index in [0.29, 0.717) is 11.1 Å². The number of nitrogens with one attached hydrogen (secondary N) is 1. The van der Waals surface area contributed by atoms with Gasteiger partial charge < -0.3 is 0 Å². The highest BCUT2D eigenvalue weighted by molar-refractivity contribution is 7.80. The highest BCUT2D eigenvalue weighted by atomic mass is 32.1. The molecule has 0 spiro atoms. The number of carbonyl (C=O) groups is 2. The minimum atomic E-state index is -0.533. The summed E-state index contributed by atoms with van der Waals surface area (Å²) in [5.74, 6) is -0.998. The molecule has 2 amide bonds. The molecule has 5 nitrogen and oxygen atoms in total. The van der Waals surface area contributed by atoms with Crippen LogP contribution in [0.25, 0.3) is 6.08 Å². The fourth-order valence-corrected chi connectivity index (χ4v) is 2.06. The lowest BCUT2D eigenvalue weighted by Gasteiger charge is -2.27. The molecular formula is C15H11N3O2S. The molecule has 0 radical (unpaired) electrons. The van der Waals surface area contributed by atoms with Crippen molar-refractivity contribution >= 4 is 35.2 Å². The van der Waals surface area contributed by atoms with Crippen LogP contribution in [0.3, 0.4) is 0 Å². The van der Waals surface area contributed by atoms with Crippen molar-refractivity contribution < 1.29 is 9.59 Å². The summed E-state index contributed by atoms with van der Waals surface area (Å²) in [6.45, 7) is 3.78. The second-order valence-corrected chi connectivity index (χ2v) is 4.64. The minimum absolute atomic E-state index is 0.00448. The predicted octanol–water partition coefficient (Wildman–Crippen LogP) is 1.37. The first-order valence-corrected chi connectivity index (χ1v) is 6.47. The molecule has 1 N–H and O–H groups in total. The molecule has 1 fully saturated rings. The first-order chi connectivity index (χ1) is 10.1. The molecule has 1 aliphatic heterocycles. The standard InChI is InChI=1S/C15H11N3O2S/c1-2-7-18-14(20)12(13(19)17-15(18)21)8-10-3-5-11(9-16)6-4-10/h2-6,8H,1,7H2,(H,17,19,21). The van der Waals surface area contributed by atoms with Gasteiger partial charge in [-0.25, -0.2) is 0 Å². The van der Waals surface area contributed by atoms with E-state index in [0.717, 1.165) is 0 Å². The zero-order valence-electron chi connectivity index (χ0n) is 11.0. The third-order valence-electron chi connectivity index (χ3n) is 2.85. The molecule has 2 rings (SSSR count). The Morgan fingerprint density at radius 2 is 2.00 bits per heavy atom. The largest absolute Gasteiger partial charge is 0.298 e. The van der Waals surface area contributed by atoms with Crippen LogP contribution in [-0.2, 0) is 9.59 Å². The Labute approximate surface area is 127 Å². The van der Waals surface area contributed by atoms with Crippen LogP contribution in [0, 0.1) is 11.3 Å². The highest BCUT2D eigenvalue weighted by Crippen LogP contribution is 2.15. The van der Waals surface area contributed by atoms with Crippen LogP contribution in [0.15, 0.2) is 42.5 Å². The van der Waals surface area contributed by atoms with Crippen molar-refractivity contribution in [2.75, 3.05) is 6.54 Å². The number of nitrogens with zero attached hydrogens (tertiary/aromatic N) is 2. The first kappa shape index (κ1) is 14.6. The van der Waals surface area contributed by atoms with Crippen LogP contribution in [0.2, 0.25) is 0 Å². The molecule has 0 unspecified atom stereocenters. The molecule has 1 aromatic rings. The average molecular weight is 297 g/mol. The van der Waals surface area contributed by atoms with Crippen molar-refractivity contribution in [1.29, 1.82) is 5.26 Å². The third kappa shape index (κ3) is 3.04. The molecular weight excluding hydrogens is 286 g/mol. The van der Waals surface area contributed by atoms with Crippen LogP contribution < -0.4 is 5.32 Å². The Balaban J connectivity index is 2.35. The normalized spacial score (nSPS) is 16.6. The van der Waals surface area contributed by atoms with Gasteiger partial charge in [-0.05, 0) is 36.0 Å². The molecule has 0 aromatic heterocycles. The Kier molecular flexibility index (Phi) is 4.26. The average Bonchev–Trinajstić information content (AvgIpc) is 2.48. The van der Waals surface area contributed by atoms with Crippen LogP contribution in [-0.4, -0.2) is 28.4 Å². The van der Waals surface area contributed by atoms with E-state index < -0.39 is 11.8 Å². The number of thiocarbonyl (C=S) groups is 1. The van der Waals surface area contributed by atoms with E-state index in [4.69, 9.17) is 17.5 Å². The lowest BCUT2D eigenvalue weighted by Crippen LogP contribution is -2.53.